The molecule has 0 radical (unpaired) electrons. The van der Waals surface area contributed by atoms with Gasteiger partial charge in [-0.3, -0.25) is 9.69 Å². The van der Waals surface area contributed by atoms with Crippen LogP contribution in [0.1, 0.15) is 18.4 Å². The number of piperidine rings is 1. The molecule has 2 aliphatic heterocycles. The van der Waals surface area contributed by atoms with Crippen molar-refractivity contribution in [1.82, 2.24) is 14.7 Å². The molecule has 0 bridgehead atoms. The zero-order valence-corrected chi connectivity index (χ0v) is 17.4. The van der Waals surface area contributed by atoms with Crippen LogP contribution in [0.4, 0.5) is 10.5 Å². The minimum Gasteiger partial charge on any atom is -0.340 e. The Morgan fingerprint density at radius 2 is 1.50 bits per heavy atom. The summed E-state index contributed by atoms with van der Waals surface area (Å²) in [7, 11) is 0. The van der Waals surface area contributed by atoms with E-state index >= 15 is 0 Å². The summed E-state index contributed by atoms with van der Waals surface area (Å²) in [5, 5.41) is 2.94. The number of nitrogens with zero attached hydrogens (tertiary/aromatic N) is 3. The van der Waals surface area contributed by atoms with Gasteiger partial charge in [0, 0.05) is 51.5 Å². The maximum Gasteiger partial charge on any atom is 0.321 e. The molecule has 0 saturated carbocycles. The molecule has 2 aliphatic rings. The van der Waals surface area contributed by atoms with E-state index in [0.29, 0.717) is 13.1 Å². The van der Waals surface area contributed by atoms with Crippen LogP contribution in [0.5, 0.6) is 0 Å². The number of anilines is 1. The largest absolute Gasteiger partial charge is 0.340 e. The number of rotatable bonds is 4. The number of carbonyl (C=O) groups is 2. The van der Waals surface area contributed by atoms with Crippen LogP contribution in [0.2, 0.25) is 0 Å². The summed E-state index contributed by atoms with van der Waals surface area (Å²) < 4.78 is 0. The molecule has 158 valence electrons. The standard InChI is InChI=1S/C24H30N4O2/c29-23(27-16-14-26(15-17-27)18-20-8-3-1-4-9-20)21-10-7-13-28(19-21)24(30)25-22-11-5-2-6-12-22/h1-6,8-9,11-12,21H,7,10,13-19H2,(H,25,30)/t21-/m1/s1. The van der Waals surface area contributed by atoms with Crippen molar-refractivity contribution < 1.29 is 9.59 Å². The zero-order chi connectivity index (χ0) is 20.8. The van der Waals surface area contributed by atoms with Crippen molar-refractivity contribution in [1.29, 1.82) is 0 Å². The first-order valence-electron chi connectivity index (χ1n) is 10.8. The lowest BCUT2D eigenvalue weighted by molar-refractivity contribution is -0.138. The first-order chi connectivity index (χ1) is 14.7. The lowest BCUT2D eigenvalue weighted by Crippen LogP contribution is -2.53. The minimum atomic E-state index is -0.119. The average Bonchev–Trinajstić information content (AvgIpc) is 2.80. The highest BCUT2D eigenvalue weighted by Crippen LogP contribution is 2.21. The van der Waals surface area contributed by atoms with E-state index in [0.717, 1.165) is 51.3 Å². The topological polar surface area (TPSA) is 55.9 Å². The number of carbonyl (C=O) groups excluding carboxylic acids is 2. The molecular weight excluding hydrogens is 376 g/mol. The molecule has 0 unspecified atom stereocenters. The molecule has 3 amide bonds. The Morgan fingerprint density at radius 1 is 0.833 bits per heavy atom. The number of hydrogen-bond acceptors (Lipinski definition) is 3. The normalized spacial score (nSPS) is 20.1. The van der Waals surface area contributed by atoms with Gasteiger partial charge in [0.15, 0.2) is 0 Å². The van der Waals surface area contributed by atoms with Crippen LogP contribution in [-0.2, 0) is 11.3 Å². The molecule has 2 fully saturated rings. The highest BCUT2D eigenvalue weighted by Gasteiger charge is 2.32. The first-order valence-corrected chi connectivity index (χ1v) is 10.8. The summed E-state index contributed by atoms with van der Waals surface area (Å²) in [6.45, 7) is 5.45. The Labute approximate surface area is 178 Å². The molecule has 6 heteroatoms. The Balaban J connectivity index is 1.27. The van der Waals surface area contributed by atoms with Crippen LogP contribution in [-0.4, -0.2) is 65.9 Å². The van der Waals surface area contributed by atoms with Crippen LogP contribution in [0.3, 0.4) is 0 Å². The Morgan fingerprint density at radius 3 is 2.20 bits per heavy atom. The van der Waals surface area contributed by atoms with Gasteiger partial charge < -0.3 is 15.1 Å². The number of para-hydroxylation sites is 1. The van der Waals surface area contributed by atoms with Gasteiger partial charge in [-0.15, -0.1) is 0 Å². The zero-order valence-electron chi connectivity index (χ0n) is 17.4. The van der Waals surface area contributed by atoms with E-state index < -0.39 is 0 Å². The number of urea groups is 1. The fraction of sp³-hybridized carbons (Fsp3) is 0.417. The van der Waals surface area contributed by atoms with Crippen LogP contribution >= 0.6 is 0 Å². The second-order valence-corrected chi connectivity index (χ2v) is 8.17. The van der Waals surface area contributed by atoms with Gasteiger partial charge in [0.25, 0.3) is 0 Å². The number of benzene rings is 2. The summed E-state index contributed by atoms with van der Waals surface area (Å²) >= 11 is 0. The molecular formula is C24H30N4O2. The predicted octanol–water partition coefficient (Wildman–Crippen LogP) is 3.27. The smallest absolute Gasteiger partial charge is 0.321 e. The Kier molecular flexibility index (Phi) is 6.64. The number of likely N-dealkylation sites (tertiary alicyclic amines) is 1. The molecule has 4 rings (SSSR count). The van der Waals surface area contributed by atoms with Crippen molar-refractivity contribution >= 4 is 17.6 Å². The van der Waals surface area contributed by atoms with Gasteiger partial charge >= 0.3 is 6.03 Å². The van der Waals surface area contributed by atoms with Crippen molar-refractivity contribution in [3.63, 3.8) is 0 Å². The molecule has 2 heterocycles. The number of nitrogens with one attached hydrogen (secondary N) is 1. The van der Waals surface area contributed by atoms with E-state index in [1.54, 1.807) is 4.90 Å². The quantitative estimate of drug-likeness (QED) is 0.848. The van der Waals surface area contributed by atoms with Crippen LogP contribution in [0.25, 0.3) is 0 Å². The second-order valence-electron chi connectivity index (χ2n) is 8.17. The van der Waals surface area contributed by atoms with Crippen molar-refractivity contribution in [2.75, 3.05) is 44.6 Å². The molecule has 6 nitrogen and oxygen atoms in total. The van der Waals surface area contributed by atoms with Crippen LogP contribution in [0, 0.1) is 5.92 Å². The van der Waals surface area contributed by atoms with Crippen molar-refractivity contribution in [2.24, 2.45) is 5.92 Å². The number of piperazine rings is 1. The van der Waals surface area contributed by atoms with Gasteiger partial charge in [-0.1, -0.05) is 48.5 Å². The van der Waals surface area contributed by atoms with E-state index in [4.69, 9.17) is 0 Å². The van der Waals surface area contributed by atoms with Gasteiger partial charge in [0.2, 0.25) is 5.91 Å². The highest BCUT2D eigenvalue weighted by atomic mass is 16.2. The molecule has 2 saturated heterocycles. The Hall–Kier alpha value is -2.86. The second kappa shape index (κ2) is 9.76. The summed E-state index contributed by atoms with van der Waals surface area (Å²) in [6, 6.07) is 19.8. The summed E-state index contributed by atoms with van der Waals surface area (Å²) in [5.74, 6) is 0.104. The first kappa shape index (κ1) is 20.4. The third kappa shape index (κ3) is 5.19. The fourth-order valence-electron chi connectivity index (χ4n) is 4.31. The molecule has 2 aromatic rings. The van der Waals surface area contributed by atoms with Crippen LogP contribution in [0.15, 0.2) is 60.7 Å². The third-order valence-electron chi connectivity index (χ3n) is 6.02. The maximum atomic E-state index is 13.1. The predicted molar refractivity (Wildman–Crippen MR) is 118 cm³/mol. The Bertz CT molecular complexity index is 835. The van der Waals surface area contributed by atoms with E-state index in [2.05, 4.69) is 34.5 Å². The van der Waals surface area contributed by atoms with Crippen LogP contribution < -0.4 is 5.32 Å². The summed E-state index contributed by atoms with van der Waals surface area (Å²) in [6.07, 6.45) is 1.73. The SMILES string of the molecule is O=C(Nc1ccccc1)N1CCC[C@@H](C(=O)N2CCN(Cc3ccccc3)CC2)C1. The van der Waals surface area contributed by atoms with E-state index in [9.17, 15) is 9.59 Å². The molecule has 0 aromatic heterocycles. The van der Waals surface area contributed by atoms with E-state index in [1.165, 1.54) is 5.56 Å². The summed E-state index contributed by atoms with van der Waals surface area (Å²) in [5.41, 5.74) is 2.09. The van der Waals surface area contributed by atoms with Gasteiger partial charge in [0.1, 0.15) is 0 Å². The lowest BCUT2D eigenvalue weighted by Gasteiger charge is -2.39. The molecule has 1 N–H and O–H groups in total. The third-order valence-corrected chi connectivity index (χ3v) is 6.02. The van der Waals surface area contributed by atoms with Gasteiger partial charge in [0.05, 0.1) is 5.92 Å². The highest BCUT2D eigenvalue weighted by molar-refractivity contribution is 5.90. The van der Waals surface area contributed by atoms with E-state index in [1.807, 2.05) is 41.3 Å². The molecule has 30 heavy (non-hydrogen) atoms. The van der Waals surface area contributed by atoms with Gasteiger partial charge in [-0.2, -0.15) is 0 Å². The fourth-order valence-corrected chi connectivity index (χ4v) is 4.31. The van der Waals surface area contributed by atoms with Crippen molar-refractivity contribution in [2.45, 2.75) is 19.4 Å². The maximum absolute atomic E-state index is 13.1. The van der Waals surface area contributed by atoms with Gasteiger partial charge in [-0.25, -0.2) is 4.79 Å². The number of amides is 3. The summed E-state index contributed by atoms with van der Waals surface area (Å²) in [4.78, 5) is 31.9. The average molecular weight is 407 g/mol. The number of hydrogen-bond donors (Lipinski definition) is 1. The van der Waals surface area contributed by atoms with Crippen molar-refractivity contribution in [3.05, 3.63) is 66.2 Å². The minimum absolute atomic E-state index is 0.0963. The molecule has 0 spiro atoms. The lowest BCUT2D eigenvalue weighted by atomic mass is 9.96. The molecule has 2 aromatic carbocycles. The van der Waals surface area contributed by atoms with Crippen molar-refractivity contribution in [3.8, 4) is 0 Å². The molecule has 1 atom stereocenters. The monoisotopic (exact) mass is 406 g/mol. The van der Waals surface area contributed by atoms with E-state index in [-0.39, 0.29) is 17.9 Å². The van der Waals surface area contributed by atoms with Gasteiger partial charge in [-0.05, 0) is 30.5 Å². The molecule has 0 aliphatic carbocycles.